The molecule has 0 aliphatic heterocycles. The highest BCUT2D eigenvalue weighted by atomic mass is 19.1. The molecule has 1 aromatic carbocycles. The van der Waals surface area contributed by atoms with Gasteiger partial charge in [-0.15, -0.1) is 0 Å². The molecule has 0 amide bonds. The van der Waals surface area contributed by atoms with Crippen LogP contribution in [-0.2, 0) is 0 Å². The summed E-state index contributed by atoms with van der Waals surface area (Å²) in [6.07, 6.45) is 1.39. The van der Waals surface area contributed by atoms with Gasteiger partial charge < -0.3 is 5.73 Å². The molecule has 0 aliphatic rings. The number of rotatable bonds is 1. The van der Waals surface area contributed by atoms with Crippen LogP contribution < -0.4 is 5.73 Å². The van der Waals surface area contributed by atoms with Crippen LogP contribution in [0.3, 0.4) is 0 Å². The van der Waals surface area contributed by atoms with Crippen LogP contribution >= 0.6 is 0 Å². The predicted molar refractivity (Wildman–Crippen MR) is 56.6 cm³/mol. The zero-order valence-corrected chi connectivity index (χ0v) is 8.24. The van der Waals surface area contributed by atoms with Crippen molar-refractivity contribution in [3.63, 3.8) is 0 Å². The summed E-state index contributed by atoms with van der Waals surface area (Å²) in [6, 6.07) is 6.48. The summed E-state index contributed by atoms with van der Waals surface area (Å²) >= 11 is 0. The average molecular weight is 203 g/mol. The summed E-state index contributed by atoms with van der Waals surface area (Å²) < 4.78 is 13.0. The smallest absolute Gasteiger partial charge is 0.127 e. The Bertz CT molecular complexity index is 497. The first-order chi connectivity index (χ1) is 7.16. The van der Waals surface area contributed by atoms with Crippen molar-refractivity contribution in [2.24, 2.45) is 0 Å². The van der Waals surface area contributed by atoms with E-state index in [0.29, 0.717) is 17.1 Å². The van der Waals surface area contributed by atoms with E-state index in [1.165, 1.54) is 12.4 Å². The van der Waals surface area contributed by atoms with Crippen LogP contribution in [-0.4, -0.2) is 9.97 Å². The number of nitrogen functional groups attached to an aromatic ring is 1. The van der Waals surface area contributed by atoms with E-state index in [-0.39, 0.29) is 5.82 Å². The molecule has 3 nitrogen and oxygen atoms in total. The van der Waals surface area contributed by atoms with Crippen LogP contribution in [0.4, 0.5) is 10.2 Å². The van der Waals surface area contributed by atoms with E-state index in [2.05, 4.69) is 9.97 Å². The fourth-order valence-corrected chi connectivity index (χ4v) is 1.33. The minimum absolute atomic E-state index is 0.222. The third-order valence-electron chi connectivity index (χ3n) is 2.14. The summed E-state index contributed by atoms with van der Waals surface area (Å²) in [7, 11) is 0. The largest absolute Gasteiger partial charge is 0.384 e. The second kappa shape index (κ2) is 3.65. The molecule has 0 aliphatic carbocycles. The first kappa shape index (κ1) is 9.58. The van der Waals surface area contributed by atoms with Crippen molar-refractivity contribution < 1.29 is 4.39 Å². The Labute approximate surface area is 86.8 Å². The topological polar surface area (TPSA) is 51.8 Å². The maximum atomic E-state index is 13.0. The van der Waals surface area contributed by atoms with Crippen LogP contribution in [0.5, 0.6) is 0 Å². The molecule has 0 saturated heterocycles. The number of aryl methyl sites for hydroxylation is 1. The first-order valence-electron chi connectivity index (χ1n) is 4.51. The highest BCUT2D eigenvalue weighted by Gasteiger charge is 2.03. The predicted octanol–water partition coefficient (Wildman–Crippen LogP) is 2.17. The Hall–Kier alpha value is -1.97. The molecular weight excluding hydrogens is 193 g/mol. The molecule has 0 bridgehead atoms. The minimum Gasteiger partial charge on any atom is -0.384 e. The fraction of sp³-hybridized carbons (Fsp3) is 0.0909. The molecule has 15 heavy (non-hydrogen) atoms. The number of nitrogens with zero attached hydrogens (tertiary/aromatic N) is 2. The van der Waals surface area contributed by atoms with Gasteiger partial charge >= 0.3 is 0 Å². The van der Waals surface area contributed by atoms with Gasteiger partial charge in [0, 0.05) is 11.6 Å². The van der Waals surface area contributed by atoms with Crippen molar-refractivity contribution in [2.45, 2.75) is 6.92 Å². The monoisotopic (exact) mass is 203 g/mol. The molecule has 0 fully saturated rings. The van der Waals surface area contributed by atoms with Gasteiger partial charge in [-0.05, 0) is 30.7 Å². The maximum absolute atomic E-state index is 13.0. The van der Waals surface area contributed by atoms with Gasteiger partial charge in [0.05, 0.1) is 5.69 Å². The Balaban J connectivity index is 2.50. The van der Waals surface area contributed by atoms with Crippen molar-refractivity contribution in [1.82, 2.24) is 9.97 Å². The lowest BCUT2D eigenvalue weighted by Gasteiger charge is -2.03. The third-order valence-corrected chi connectivity index (χ3v) is 2.14. The Morgan fingerprint density at radius 2 is 2.00 bits per heavy atom. The van der Waals surface area contributed by atoms with E-state index in [9.17, 15) is 4.39 Å². The lowest BCUT2D eigenvalue weighted by atomic mass is 10.1. The maximum Gasteiger partial charge on any atom is 0.127 e. The van der Waals surface area contributed by atoms with Crippen LogP contribution in [0.1, 0.15) is 5.56 Å². The van der Waals surface area contributed by atoms with E-state index in [1.807, 2.05) is 0 Å². The van der Waals surface area contributed by atoms with Crippen LogP contribution in [0.25, 0.3) is 11.3 Å². The van der Waals surface area contributed by atoms with Gasteiger partial charge in [-0.2, -0.15) is 0 Å². The molecule has 1 heterocycles. The molecule has 76 valence electrons. The Morgan fingerprint density at radius 3 is 2.67 bits per heavy atom. The van der Waals surface area contributed by atoms with Crippen LogP contribution in [0.2, 0.25) is 0 Å². The quantitative estimate of drug-likeness (QED) is 0.772. The highest BCUT2D eigenvalue weighted by molar-refractivity contribution is 5.62. The van der Waals surface area contributed by atoms with E-state index in [1.54, 1.807) is 25.1 Å². The second-order valence-electron chi connectivity index (χ2n) is 3.29. The molecule has 2 aromatic rings. The SMILES string of the molecule is Cc1cc(-c2cc(N)ncn2)ccc1F. The fourth-order valence-electron chi connectivity index (χ4n) is 1.33. The lowest BCUT2D eigenvalue weighted by molar-refractivity contribution is 0.619. The zero-order chi connectivity index (χ0) is 10.8. The van der Waals surface area contributed by atoms with Gasteiger partial charge in [0.15, 0.2) is 0 Å². The molecule has 0 radical (unpaired) electrons. The number of halogens is 1. The van der Waals surface area contributed by atoms with Crippen molar-refractivity contribution >= 4 is 5.82 Å². The molecular formula is C11H10FN3. The summed E-state index contributed by atoms with van der Waals surface area (Å²) in [5.74, 6) is 0.183. The molecule has 0 atom stereocenters. The van der Waals surface area contributed by atoms with E-state index in [0.717, 1.165) is 5.56 Å². The van der Waals surface area contributed by atoms with Gasteiger partial charge in [0.2, 0.25) is 0 Å². The standard InChI is InChI=1S/C11H10FN3/c1-7-4-8(2-3-9(7)12)10-5-11(13)15-6-14-10/h2-6H,1H3,(H2,13,14,15). The van der Waals surface area contributed by atoms with E-state index in [4.69, 9.17) is 5.73 Å². The number of nitrogens with two attached hydrogens (primary N) is 1. The summed E-state index contributed by atoms with van der Waals surface area (Å²) in [5, 5.41) is 0. The second-order valence-corrected chi connectivity index (χ2v) is 3.29. The summed E-state index contributed by atoms with van der Waals surface area (Å²) in [5.41, 5.74) is 7.66. The lowest BCUT2D eigenvalue weighted by Crippen LogP contribution is -1.93. The van der Waals surface area contributed by atoms with Crippen molar-refractivity contribution in [2.75, 3.05) is 5.73 Å². The average Bonchev–Trinajstić information content (AvgIpc) is 2.22. The van der Waals surface area contributed by atoms with Gasteiger partial charge in [0.25, 0.3) is 0 Å². The van der Waals surface area contributed by atoms with Gasteiger partial charge in [-0.25, -0.2) is 14.4 Å². The molecule has 0 spiro atoms. The number of benzene rings is 1. The minimum atomic E-state index is -0.222. The van der Waals surface area contributed by atoms with E-state index >= 15 is 0 Å². The molecule has 2 N–H and O–H groups in total. The molecule has 4 heteroatoms. The number of hydrogen-bond donors (Lipinski definition) is 1. The molecule has 0 saturated carbocycles. The van der Waals surface area contributed by atoms with Crippen LogP contribution in [0.15, 0.2) is 30.6 Å². The number of aromatic nitrogens is 2. The Kier molecular flexibility index (Phi) is 2.33. The van der Waals surface area contributed by atoms with Gasteiger partial charge in [-0.3, -0.25) is 0 Å². The van der Waals surface area contributed by atoms with Gasteiger partial charge in [0.1, 0.15) is 18.0 Å². The molecule has 1 aromatic heterocycles. The summed E-state index contributed by atoms with van der Waals surface area (Å²) in [4.78, 5) is 7.86. The highest BCUT2D eigenvalue weighted by Crippen LogP contribution is 2.20. The number of hydrogen-bond acceptors (Lipinski definition) is 3. The number of anilines is 1. The van der Waals surface area contributed by atoms with E-state index < -0.39 is 0 Å². The van der Waals surface area contributed by atoms with Crippen molar-refractivity contribution in [3.05, 3.63) is 42.0 Å². The third kappa shape index (κ3) is 1.93. The normalized spacial score (nSPS) is 10.3. The van der Waals surface area contributed by atoms with Crippen molar-refractivity contribution in [1.29, 1.82) is 0 Å². The van der Waals surface area contributed by atoms with Crippen LogP contribution in [0, 0.1) is 12.7 Å². The molecule has 2 rings (SSSR count). The Morgan fingerprint density at radius 1 is 1.20 bits per heavy atom. The zero-order valence-electron chi connectivity index (χ0n) is 8.24. The summed E-state index contributed by atoms with van der Waals surface area (Å²) in [6.45, 7) is 1.71. The van der Waals surface area contributed by atoms with Crippen molar-refractivity contribution in [3.8, 4) is 11.3 Å². The first-order valence-corrected chi connectivity index (χ1v) is 4.51. The van der Waals surface area contributed by atoms with Gasteiger partial charge in [-0.1, -0.05) is 0 Å². The molecule has 0 unspecified atom stereocenters.